The summed E-state index contributed by atoms with van der Waals surface area (Å²) in [5.41, 5.74) is 0.367. The lowest BCUT2D eigenvalue weighted by Gasteiger charge is -2.24. The van der Waals surface area contributed by atoms with Gasteiger partial charge >= 0.3 is 0 Å². The molecule has 0 spiro atoms. The van der Waals surface area contributed by atoms with Crippen LogP contribution < -0.4 is 5.32 Å². The van der Waals surface area contributed by atoms with Gasteiger partial charge in [0.2, 0.25) is 0 Å². The normalized spacial score (nSPS) is 11.7. The van der Waals surface area contributed by atoms with Gasteiger partial charge in [0.1, 0.15) is 5.78 Å². The summed E-state index contributed by atoms with van der Waals surface area (Å²) in [5.74, 6) is 0.265. The van der Waals surface area contributed by atoms with E-state index in [4.69, 9.17) is 0 Å². The van der Waals surface area contributed by atoms with E-state index in [-0.39, 0.29) is 5.78 Å². The maximum Gasteiger partial charge on any atom is 0.131 e. The van der Waals surface area contributed by atoms with Crippen LogP contribution in [0.5, 0.6) is 0 Å². The number of carbonyl (C=O) groups is 1. The molecule has 0 aromatic carbocycles. The highest BCUT2D eigenvalue weighted by Crippen LogP contribution is 2.20. The van der Waals surface area contributed by atoms with Crippen molar-refractivity contribution in [1.82, 2.24) is 5.32 Å². The summed E-state index contributed by atoms with van der Waals surface area (Å²) in [6.45, 7) is 10.2. The van der Waals surface area contributed by atoms with Crippen LogP contribution in [-0.4, -0.2) is 18.9 Å². The second-order valence-electron chi connectivity index (χ2n) is 4.54. The van der Waals surface area contributed by atoms with Crippen LogP contribution >= 0.6 is 0 Å². The van der Waals surface area contributed by atoms with Gasteiger partial charge in [0.25, 0.3) is 0 Å². The lowest BCUT2D eigenvalue weighted by Crippen LogP contribution is -2.30. The van der Waals surface area contributed by atoms with Gasteiger partial charge in [-0.25, -0.2) is 0 Å². The highest BCUT2D eigenvalue weighted by Gasteiger charge is 2.15. The molecule has 0 rings (SSSR count). The molecule has 0 aliphatic heterocycles. The Bertz CT molecular complexity index is 152. The first kappa shape index (κ1) is 12.6. The zero-order valence-corrected chi connectivity index (χ0v) is 9.44. The Morgan fingerprint density at radius 3 is 2.46 bits per heavy atom. The summed E-state index contributed by atoms with van der Waals surface area (Å²) < 4.78 is 0. The van der Waals surface area contributed by atoms with E-state index in [0.717, 1.165) is 13.1 Å². The number of ketones is 1. The summed E-state index contributed by atoms with van der Waals surface area (Å²) >= 11 is 0. The first-order chi connectivity index (χ1) is 5.98. The molecule has 0 aliphatic carbocycles. The van der Waals surface area contributed by atoms with E-state index in [1.165, 1.54) is 12.8 Å². The monoisotopic (exact) mass is 185 g/mol. The minimum absolute atomic E-state index is 0.265. The highest BCUT2D eigenvalue weighted by molar-refractivity contribution is 5.75. The Balaban J connectivity index is 3.45. The minimum atomic E-state index is 0.265. The third-order valence-electron chi connectivity index (χ3n) is 2.18. The Kier molecular flexibility index (Phi) is 5.97. The Morgan fingerprint density at radius 2 is 2.00 bits per heavy atom. The van der Waals surface area contributed by atoms with Crippen molar-refractivity contribution in [3.8, 4) is 0 Å². The van der Waals surface area contributed by atoms with Crippen molar-refractivity contribution in [2.24, 2.45) is 5.41 Å². The van der Waals surface area contributed by atoms with Crippen LogP contribution in [0, 0.1) is 5.41 Å². The number of Topliss-reactive ketones (excluding diaryl/α,β-unsaturated/α-hetero) is 1. The smallest absolute Gasteiger partial charge is 0.131 e. The first-order valence-corrected chi connectivity index (χ1v) is 5.18. The van der Waals surface area contributed by atoms with Crippen LogP contribution in [0.4, 0.5) is 0 Å². The molecule has 2 nitrogen and oxygen atoms in total. The largest absolute Gasteiger partial charge is 0.316 e. The quantitative estimate of drug-likeness (QED) is 0.617. The molecule has 0 fully saturated rings. The molecular formula is C11H23NO. The SMILES string of the molecule is CCCC(C)(C)CNCCC(C)=O. The van der Waals surface area contributed by atoms with Crippen LogP contribution in [0.3, 0.4) is 0 Å². The van der Waals surface area contributed by atoms with E-state index >= 15 is 0 Å². The van der Waals surface area contributed by atoms with E-state index < -0.39 is 0 Å². The summed E-state index contributed by atoms with van der Waals surface area (Å²) in [7, 11) is 0. The fourth-order valence-corrected chi connectivity index (χ4v) is 1.46. The topological polar surface area (TPSA) is 29.1 Å². The van der Waals surface area contributed by atoms with Crippen molar-refractivity contribution in [1.29, 1.82) is 0 Å². The molecule has 0 atom stereocenters. The predicted octanol–water partition coefficient (Wildman–Crippen LogP) is 2.38. The Hall–Kier alpha value is -0.370. The standard InChI is InChI=1S/C11H23NO/c1-5-7-11(3,4)9-12-8-6-10(2)13/h12H,5-9H2,1-4H3. The van der Waals surface area contributed by atoms with Gasteiger partial charge in [0.05, 0.1) is 0 Å². The molecule has 0 saturated carbocycles. The number of nitrogens with one attached hydrogen (secondary N) is 1. The van der Waals surface area contributed by atoms with Crippen LogP contribution in [0.1, 0.15) is 47.0 Å². The van der Waals surface area contributed by atoms with Gasteiger partial charge < -0.3 is 5.32 Å². The zero-order valence-electron chi connectivity index (χ0n) is 9.44. The van der Waals surface area contributed by atoms with Crippen molar-refractivity contribution in [2.45, 2.75) is 47.0 Å². The second-order valence-corrected chi connectivity index (χ2v) is 4.54. The van der Waals surface area contributed by atoms with Gasteiger partial charge in [-0.3, -0.25) is 4.79 Å². The molecule has 0 heterocycles. The zero-order chi connectivity index (χ0) is 10.3. The molecule has 0 aliphatic rings. The van der Waals surface area contributed by atoms with Crippen molar-refractivity contribution in [3.05, 3.63) is 0 Å². The molecule has 2 heteroatoms. The van der Waals surface area contributed by atoms with Gasteiger partial charge in [-0.2, -0.15) is 0 Å². The van der Waals surface area contributed by atoms with Gasteiger partial charge in [-0.15, -0.1) is 0 Å². The van der Waals surface area contributed by atoms with E-state index in [0.29, 0.717) is 11.8 Å². The van der Waals surface area contributed by atoms with E-state index in [1.54, 1.807) is 6.92 Å². The number of carbonyl (C=O) groups excluding carboxylic acids is 1. The second kappa shape index (κ2) is 6.14. The van der Waals surface area contributed by atoms with Gasteiger partial charge in [-0.1, -0.05) is 27.2 Å². The molecular weight excluding hydrogens is 162 g/mol. The lowest BCUT2D eigenvalue weighted by atomic mass is 9.88. The predicted molar refractivity (Wildman–Crippen MR) is 56.9 cm³/mol. The molecule has 13 heavy (non-hydrogen) atoms. The third kappa shape index (κ3) is 7.97. The summed E-state index contributed by atoms with van der Waals surface area (Å²) in [4.78, 5) is 10.7. The molecule has 0 saturated heterocycles. The third-order valence-corrected chi connectivity index (χ3v) is 2.18. The van der Waals surface area contributed by atoms with Crippen LogP contribution in [0.25, 0.3) is 0 Å². The molecule has 0 bridgehead atoms. The van der Waals surface area contributed by atoms with Crippen LogP contribution in [0.2, 0.25) is 0 Å². The van der Waals surface area contributed by atoms with Crippen molar-refractivity contribution < 1.29 is 4.79 Å². The Labute approximate surface area is 82.1 Å². The Morgan fingerprint density at radius 1 is 1.38 bits per heavy atom. The van der Waals surface area contributed by atoms with Crippen molar-refractivity contribution in [2.75, 3.05) is 13.1 Å². The lowest BCUT2D eigenvalue weighted by molar-refractivity contribution is -0.116. The average molecular weight is 185 g/mol. The highest BCUT2D eigenvalue weighted by atomic mass is 16.1. The summed E-state index contributed by atoms with van der Waals surface area (Å²) in [6.07, 6.45) is 3.11. The molecule has 78 valence electrons. The molecule has 0 aromatic heterocycles. The summed E-state index contributed by atoms with van der Waals surface area (Å²) in [5, 5.41) is 3.32. The number of hydrogen-bond acceptors (Lipinski definition) is 2. The first-order valence-electron chi connectivity index (χ1n) is 5.18. The molecule has 0 amide bonds. The fourth-order valence-electron chi connectivity index (χ4n) is 1.46. The van der Waals surface area contributed by atoms with E-state index in [2.05, 4.69) is 26.1 Å². The molecule has 1 N–H and O–H groups in total. The van der Waals surface area contributed by atoms with Crippen LogP contribution in [-0.2, 0) is 4.79 Å². The van der Waals surface area contributed by atoms with Crippen LogP contribution in [0.15, 0.2) is 0 Å². The fraction of sp³-hybridized carbons (Fsp3) is 0.909. The minimum Gasteiger partial charge on any atom is -0.316 e. The van der Waals surface area contributed by atoms with Crippen molar-refractivity contribution >= 4 is 5.78 Å². The average Bonchev–Trinajstić information content (AvgIpc) is 1.98. The number of hydrogen-bond donors (Lipinski definition) is 1. The number of rotatable bonds is 7. The van der Waals surface area contributed by atoms with Gasteiger partial charge in [0, 0.05) is 19.5 Å². The maximum absolute atomic E-state index is 10.7. The molecule has 0 aromatic rings. The molecule has 0 unspecified atom stereocenters. The maximum atomic E-state index is 10.7. The van der Waals surface area contributed by atoms with Gasteiger partial charge in [-0.05, 0) is 18.8 Å². The van der Waals surface area contributed by atoms with Gasteiger partial charge in [0.15, 0.2) is 0 Å². The van der Waals surface area contributed by atoms with E-state index in [9.17, 15) is 4.79 Å². The summed E-state index contributed by atoms with van der Waals surface area (Å²) in [6, 6.07) is 0. The van der Waals surface area contributed by atoms with E-state index in [1.807, 2.05) is 0 Å². The van der Waals surface area contributed by atoms with Crippen molar-refractivity contribution in [3.63, 3.8) is 0 Å². The molecule has 0 radical (unpaired) electrons.